The SMILES string of the molecule is COc1ccc(NS(=O)(=O)c2ccc(OCCCC(=O)O)c(C)c2)cc1OC. The number of benzene rings is 2. The van der Waals surface area contributed by atoms with Gasteiger partial charge in [-0.25, -0.2) is 8.42 Å². The van der Waals surface area contributed by atoms with Crippen molar-refractivity contribution in [3.05, 3.63) is 42.0 Å². The zero-order valence-electron chi connectivity index (χ0n) is 15.9. The number of methoxy groups -OCH3 is 2. The molecule has 0 atom stereocenters. The molecule has 2 aromatic rings. The lowest BCUT2D eigenvalue weighted by Gasteiger charge is -2.13. The maximum absolute atomic E-state index is 12.7. The number of nitrogens with one attached hydrogen (secondary N) is 1. The highest BCUT2D eigenvalue weighted by Crippen LogP contribution is 2.31. The van der Waals surface area contributed by atoms with Crippen molar-refractivity contribution in [2.45, 2.75) is 24.7 Å². The summed E-state index contributed by atoms with van der Waals surface area (Å²) in [7, 11) is -0.850. The number of aryl methyl sites for hydroxylation is 1. The number of hydrogen-bond acceptors (Lipinski definition) is 6. The first-order chi connectivity index (χ1) is 13.3. The van der Waals surface area contributed by atoms with Gasteiger partial charge < -0.3 is 19.3 Å². The van der Waals surface area contributed by atoms with Crippen LogP contribution in [0, 0.1) is 6.92 Å². The summed E-state index contributed by atoms with van der Waals surface area (Å²) in [6.45, 7) is 1.96. The van der Waals surface area contributed by atoms with Crippen molar-refractivity contribution < 1.29 is 32.5 Å². The Morgan fingerprint density at radius 3 is 2.32 bits per heavy atom. The maximum Gasteiger partial charge on any atom is 0.303 e. The van der Waals surface area contributed by atoms with Crippen LogP contribution in [0.25, 0.3) is 0 Å². The van der Waals surface area contributed by atoms with Crippen LogP contribution >= 0.6 is 0 Å². The second-order valence-corrected chi connectivity index (χ2v) is 7.63. The number of aliphatic carboxylic acids is 1. The largest absolute Gasteiger partial charge is 0.493 e. The molecule has 2 aromatic carbocycles. The summed E-state index contributed by atoms with van der Waals surface area (Å²) in [5.74, 6) is 0.521. The molecule has 152 valence electrons. The maximum atomic E-state index is 12.7. The third-order valence-electron chi connectivity index (χ3n) is 3.88. The van der Waals surface area contributed by atoms with Crippen molar-refractivity contribution in [1.82, 2.24) is 0 Å². The van der Waals surface area contributed by atoms with Gasteiger partial charge in [0.15, 0.2) is 11.5 Å². The Kier molecular flexibility index (Phi) is 7.11. The second-order valence-electron chi connectivity index (χ2n) is 5.95. The normalized spacial score (nSPS) is 11.0. The molecule has 0 aliphatic heterocycles. The highest BCUT2D eigenvalue weighted by atomic mass is 32.2. The summed E-state index contributed by atoms with van der Waals surface area (Å²) in [6, 6.07) is 9.20. The van der Waals surface area contributed by atoms with E-state index in [0.29, 0.717) is 34.9 Å². The van der Waals surface area contributed by atoms with Crippen LogP contribution in [0.1, 0.15) is 18.4 Å². The molecule has 0 amide bonds. The average molecular weight is 409 g/mol. The van der Waals surface area contributed by atoms with E-state index in [4.69, 9.17) is 19.3 Å². The fourth-order valence-corrected chi connectivity index (χ4v) is 3.60. The van der Waals surface area contributed by atoms with E-state index in [1.165, 1.54) is 32.4 Å². The van der Waals surface area contributed by atoms with E-state index in [1.807, 2.05) is 0 Å². The quantitative estimate of drug-likeness (QED) is 0.580. The Morgan fingerprint density at radius 1 is 1.04 bits per heavy atom. The lowest BCUT2D eigenvalue weighted by molar-refractivity contribution is -0.137. The molecule has 0 saturated carbocycles. The Labute approximate surface area is 164 Å². The summed E-state index contributed by atoms with van der Waals surface area (Å²) in [5.41, 5.74) is 0.967. The molecular formula is C19H23NO7S. The number of carboxylic acid groups (broad SMARTS) is 1. The zero-order chi connectivity index (χ0) is 20.7. The molecule has 0 aliphatic carbocycles. The molecule has 0 fully saturated rings. The van der Waals surface area contributed by atoms with Crippen LogP contribution in [0.3, 0.4) is 0 Å². The van der Waals surface area contributed by atoms with E-state index in [0.717, 1.165) is 0 Å². The number of hydrogen-bond donors (Lipinski definition) is 2. The molecule has 8 nitrogen and oxygen atoms in total. The Hall–Kier alpha value is -2.94. The van der Waals surface area contributed by atoms with E-state index in [2.05, 4.69) is 4.72 Å². The minimum Gasteiger partial charge on any atom is -0.493 e. The summed E-state index contributed by atoms with van der Waals surface area (Å²) in [4.78, 5) is 10.6. The van der Waals surface area contributed by atoms with E-state index < -0.39 is 16.0 Å². The lowest BCUT2D eigenvalue weighted by Crippen LogP contribution is -2.13. The van der Waals surface area contributed by atoms with Crippen LogP contribution < -0.4 is 18.9 Å². The van der Waals surface area contributed by atoms with Crippen molar-refractivity contribution in [2.24, 2.45) is 0 Å². The number of rotatable bonds is 10. The van der Waals surface area contributed by atoms with Crippen LogP contribution in [0.15, 0.2) is 41.3 Å². The van der Waals surface area contributed by atoms with E-state index in [-0.39, 0.29) is 17.9 Å². The number of ether oxygens (including phenoxy) is 3. The Bertz CT molecular complexity index is 941. The first kappa shape index (κ1) is 21.4. The molecule has 28 heavy (non-hydrogen) atoms. The first-order valence-electron chi connectivity index (χ1n) is 8.47. The minimum atomic E-state index is -3.81. The number of anilines is 1. The predicted octanol–water partition coefficient (Wildman–Crippen LogP) is 3.06. The van der Waals surface area contributed by atoms with Gasteiger partial charge in [-0.1, -0.05) is 0 Å². The number of carbonyl (C=O) groups is 1. The van der Waals surface area contributed by atoms with Crippen LogP contribution in [0.2, 0.25) is 0 Å². The summed E-state index contributed by atoms with van der Waals surface area (Å²) in [5, 5.41) is 8.63. The Morgan fingerprint density at radius 2 is 1.71 bits per heavy atom. The molecule has 0 bridgehead atoms. The molecule has 0 aromatic heterocycles. The third kappa shape index (κ3) is 5.53. The molecule has 0 radical (unpaired) electrons. The molecule has 9 heteroatoms. The highest BCUT2D eigenvalue weighted by Gasteiger charge is 2.17. The van der Waals surface area contributed by atoms with Crippen LogP contribution in [-0.2, 0) is 14.8 Å². The van der Waals surface area contributed by atoms with Gasteiger partial charge in [0.2, 0.25) is 0 Å². The molecule has 0 unspecified atom stereocenters. The van der Waals surface area contributed by atoms with Gasteiger partial charge in [0.1, 0.15) is 5.75 Å². The van der Waals surface area contributed by atoms with Gasteiger partial charge in [0, 0.05) is 12.5 Å². The van der Waals surface area contributed by atoms with Crippen molar-refractivity contribution in [1.29, 1.82) is 0 Å². The van der Waals surface area contributed by atoms with Gasteiger partial charge >= 0.3 is 5.97 Å². The van der Waals surface area contributed by atoms with Crippen molar-refractivity contribution in [2.75, 3.05) is 25.5 Å². The van der Waals surface area contributed by atoms with Crippen molar-refractivity contribution in [3.63, 3.8) is 0 Å². The molecule has 2 rings (SSSR count). The minimum absolute atomic E-state index is 0.0146. The fraction of sp³-hybridized carbons (Fsp3) is 0.316. The lowest BCUT2D eigenvalue weighted by atomic mass is 10.2. The van der Waals surface area contributed by atoms with Crippen LogP contribution in [0.4, 0.5) is 5.69 Å². The topological polar surface area (TPSA) is 111 Å². The molecule has 0 saturated heterocycles. The molecule has 0 heterocycles. The average Bonchev–Trinajstić information content (AvgIpc) is 2.65. The van der Waals surface area contributed by atoms with Gasteiger partial charge in [-0.15, -0.1) is 0 Å². The zero-order valence-corrected chi connectivity index (χ0v) is 16.7. The van der Waals surface area contributed by atoms with Crippen LogP contribution in [0.5, 0.6) is 17.2 Å². The molecule has 0 spiro atoms. The second kappa shape index (κ2) is 9.32. The molecule has 2 N–H and O–H groups in total. The van der Waals surface area contributed by atoms with Gasteiger partial charge in [-0.3, -0.25) is 9.52 Å². The third-order valence-corrected chi connectivity index (χ3v) is 5.26. The van der Waals surface area contributed by atoms with E-state index in [9.17, 15) is 13.2 Å². The summed E-state index contributed by atoms with van der Waals surface area (Å²) in [6.07, 6.45) is 0.385. The van der Waals surface area contributed by atoms with Crippen LogP contribution in [-0.4, -0.2) is 40.3 Å². The van der Waals surface area contributed by atoms with E-state index in [1.54, 1.807) is 25.1 Å². The Balaban J connectivity index is 2.13. The molecule has 0 aliphatic rings. The van der Waals surface area contributed by atoms with Crippen molar-refractivity contribution in [3.8, 4) is 17.2 Å². The standard InChI is InChI=1S/C19H23NO7S/c1-13-11-15(7-9-16(13)27-10-4-5-19(21)22)28(23,24)20-14-6-8-17(25-2)18(12-14)26-3/h6-9,11-12,20H,4-5,10H2,1-3H3,(H,21,22). The van der Waals surface area contributed by atoms with Gasteiger partial charge in [0.05, 0.1) is 31.4 Å². The van der Waals surface area contributed by atoms with Gasteiger partial charge in [-0.2, -0.15) is 0 Å². The number of sulfonamides is 1. The highest BCUT2D eigenvalue weighted by molar-refractivity contribution is 7.92. The van der Waals surface area contributed by atoms with E-state index >= 15 is 0 Å². The summed E-state index contributed by atoms with van der Waals surface area (Å²) >= 11 is 0. The summed E-state index contributed by atoms with van der Waals surface area (Å²) < 4.78 is 43.7. The van der Waals surface area contributed by atoms with Gasteiger partial charge in [0.25, 0.3) is 10.0 Å². The predicted molar refractivity (Wildman–Crippen MR) is 104 cm³/mol. The molecular weight excluding hydrogens is 386 g/mol. The first-order valence-corrected chi connectivity index (χ1v) is 9.95. The number of carboxylic acids is 1. The van der Waals surface area contributed by atoms with Crippen molar-refractivity contribution >= 4 is 21.7 Å². The smallest absolute Gasteiger partial charge is 0.303 e. The van der Waals surface area contributed by atoms with Gasteiger partial charge in [-0.05, 0) is 49.2 Å². The fourth-order valence-electron chi connectivity index (χ4n) is 2.47. The monoisotopic (exact) mass is 409 g/mol.